The molecule has 4 rings (SSSR count). The number of aryl methyl sites for hydroxylation is 2. The number of aromatic nitrogens is 2. The van der Waals surface area contributed by atoms with Gasteiger partial charge in [0.1, 0.15) is 0 Å². The Bertz CT molecular complexity index is 1080. The van der Waals surface area contributed by atoms with E-state index < -0.39 is 6.03 Å². The van der Waals surface area contributed by atoms with Crippen LogP contribution in [0.2, 0.25) is 5.02 Å². The molecule has 0 saturated carbocycles. The maximum Gasteiger partial charge on any atom is 0.346 e. The average Bonchev–Trinajstić information content (AvgIpc) is 3.03. The van der Waals surface area contributed by atoms with Crippen LogP contribution in [0.5, 0.6) is 0 Å². The molecule has 2 heterocycles. The number of carbonyl (C=O) groups is 2. The normalized spacial score (nSPS) is 13.5. The second-order valence-electron chi connectivity index (χ2n) is 7.07. The number of anilines is 2. The summed E-state index contributed by atoms with van der Waals surface area (Å²) in [7, 11) is 0. The van der Waals surface area contributed by atoms with Crippen LogP contribution in [0, 0.1) is 6.92 Å². The number of halogens is 1. The molecule has 1 aromatic heterocycles. The summed E-state index contributed by atoms with van der Waals surface area (Å²) >= 11 is 6.42. The van der Waals surface area contributed by atoms with Gasteiger partial charge >= 0.3 is 6.03 Å². The lowest BCUT2D eigenvalue weighted by atomic mass is 10.1. The highest BCUT2D eigenvalue weighted by Gasteiger charge is 2.24. The Kier molecular flexibility index (Phi) is 5.36. The minimum Gasteiger partial charge on any atom is -0.308 e. The van der Waals surface area contributed by atoms with Crippen LogP contribution in [-0.2, 0) is 6.42 Å². The molecule has 2 aromatic carbocycles. The molecule has 2 amide bonds. The molecule has 0 spiro atoms. The summed E-state index contributed by atoms with van der Waals surface area (Å²) in [5.74, 6) is -0.134. The minimum atomic E-state index is -0.394. The van der Waals surface area contributed by atoms with Crippen molar-refractivity contribution in [2.24, 2.45) is 0 Å². The highest BCUT2D eigenvalue weighted by Crippen LogP contribution is 2.30. The largest absolute Gasteiger partial charge is 0.346 e. The van der Waals surface area contributed by atoms with Gasteiger partial charge in [-0.3, -0.25) is 4.79 Å². The number of para-hydroxylation sites is 1. The fourth-order valence-electron chi connectivity index (χ4n) is 3.52. The topological polar surface area (TPSA) is 67.2 Å². The van der Waals surface area contributed by atoms with Crippen molar-refractivity contribution < 1.29 is 9.59 Å². The van der Waals surface area contributed by atoms with Gasteiger partial charge in [0.05, 0.1) is 16.3 Å². The third-order valence-electron chi connectivity index (χ3n) is 4.99. The predicted octanol–water partition coefficient (Wildman–Crippen LogP) is 4.91. The first-order valence-corrected chi connectivity index (χ1v) is 9.93. The molecular formula is C22H21ClN4O2. The van der Waals surface area contributed by atoms with Gasteiger partial charge in [0.15, 0.2) is 0 Å². The van der Waals surface area contributed by atoms with E-state index in [0.29, 0.717) is 22.8 Å². The lowest BCUT2D eigenvalue weighted by Gasteiger charge is -2.23. The lowest BCUT2D eigenvalue weighted by Crippen LogP contribution is -2.32. The van der Waals surface area contributed by atoms with Gasteiger partial charge in [-0.15, -0.1) is 0 Å². The molecule has 1 aliphatic rings. The van der Waals surface area contributed by atoms with E-state index in [1.807, 2.05) is 25.1 Å². The molecule has 0 fully saturated rings. The van der Waals surface area contributed by atoms with Crippen LogP contribution in [-0.4, -0.2) is 28.3 Å². The zero-order chi connectivity index (χ0) is 20.4. The van der Waals surface area contributed by atoms with Crippen molar-refractivity contribution in [1.82, 2.24) is 9.78 Å². The van der Waals surface area contributed by atoms with E-state index in [2.05, 4.69) is 16.5 Å². The summed E-state index contributed by atoms with van der Waals surface area (Å²) < 4.78 is 1.22. The monoisotopic (exact) mass is 408 g/mol. The average molecular weight is 409 g/mol. The second kappa shape index (κ2) is 8.09. The Hall–Kier alpha value is -3.12. The number of amides is 2. The Labute approximate surface area is 174 Å². The zero-order valence-corrected chi connectivity index (χ0v) is 16.8. The summed E-state index contributed by atoms with van der Waals surface area (Å²) in [6.07, 6.45) is 4.54. The molecule has 29 heavy (non-hydrogen) atoms. The quantitative estimate of drug-likeness (QED) is 0.655. The molecule has 6 nitrogen and oxygen atoms in total. The number of hydrogen-bond acceptors (Lipinski definition) is 3. The van der Waals surface area contributed by atoms with Crippen LogP contribution < -0.4 is 10.2 Å². The van der Waals surface area contributed by atoms with E-state index in [-0.39, 0.29) is 5.91 Å². The van der Waals surface area contributed by atoms with Crippen molar-refractivity contribution >= 4 is 34.9 Å². The highest BCUT2D eigenvalue weighted by atomic mass is 35.5. The van der Waals surface area contributed by atoms with Crippen molar-refractivity contribution in [2.75, 3.05) is 16.8 Å². The first kappa shape index (κ1) is 19.2. The fraction of sp³-hybridized carbons (Fsp3) is 0.227. The van der Waals surface area contributed by atoms with E-state index in [0.717, 1.165) is 30.6 Å². The molecule has 0 radical (unpaired) electrons. The lowest BCUT2D eigenvalue weighted by molar-refractivity contribution is 0.0987. The van der Waals surface area contributed by atoms with Gasteiger partial charge in [-0.25, -0.2) is 4.79 Å². The Morgan fingerprint density at radius 3 is 2.69 bits per heavy atom. The molecule has 0 saturated heterocycles. The van der Waals surface area contributed by atoms with E-state index in [4.69, 9.17) is 11.6 Å². The molecule has 1 N–H and O–H groups in total. The minimum absolute atomic E-state index is 0.134. The molecule has 0 atom stereocenters. The molecule has 7 heteroatoms. The summed E-state index contributed by atoms with van der Waals surface area (Å²) in [6, 6.07) is 14.3. The van der Waals surface area contributed by atoms with Gasteiger partial charge in [0.2, 0.25) is 0 Å². The molecular weight excluding hydrogens is 388 g/mol. The number of nitrogens with one attached hydrogen (secondary N) is 1. The van der Waals surface area contributed by atoms with Crippen molar-refractivity contribution in [3.63, 3.8) is 0 Å². The maximum absolute atomic E-state index is 13.2. The number of carbonyl (C=O) groups excluding carboxylic acids is 2. The number of rotatable bonds is 2. The van der Waals surface area contributed by atoms with Crippen LogP contribution in [0.15, 0.2) is 54.7 Å². The smallest absolute Gasteiger partial charge is 0.308 e. The van der Waals surface area contributed by atoms with E-state index in [1.54, 1.807) is 35.4 Å². The van der Waals surface area contributed by atoms with E-state index in [1.165, 1.54) is 10.2 Å². The SMILES string of the molecule is Cc1ccn(C(=O)Nc2ccc(C(=O)N3CCCCc4ccccc43)c(Cl)c2)n1. The maximum atomic E-state index is 13.2. The van der Waals surface area contributed by atoms with Crippen molar-refractivity contribution in [3.8, 4) is 0 Å². The summed E-state index contributed by atoms with van der Waals surface area (Å²) in [4.78, 5) is 27.3. The first-order valence-electron chi connectivity index (χ1n) is 9.56. The fourth-order valence-corrected chi connectivity index (χ4v) is 3.78. The van der Waals surface area contributed by atoms with Crippen LogP contribution in [0.1, 0.15) is 34.5 Å². The van der Waals surface area contributed by atoms with E-state index in [9.17, 15) is 9.59 Å². The number of hydrogen-bond donors (Lipinski definition) is 1. The predicted molar refractivity (Wildman–Crippen MR) is 114 cm³/mol. The Morgan fingerprint density at radius 2 is 1.93 bits per heavy atom. The van der Waals surface area contributed by atoms with Gasteiger partial charge in [0, 0.05) is 24.1 Å². The number of fused-ring (bicyclic) bond motifs is 1. The second-order valence-corrected chi connectivity index (χ2v) is 7.48. The van der Waals surface area contributed by atoms with Gasteiger partial charge in [-0.05, 0) is 62.1 Å². The summed E-state index contributed by atoms with van der Waals surface area (Å²) in [5, 5.41) is 7.11. The van der Waals surface area contributed by atoms with Crippen molar-refractivity contribution in [3.05, 3.63) is 76.6 Å². The van der Waals surface area contributed by atoms with Crippen LogP contribution >= 0.6 is 11.6 Å². The summed E-state index contributed by atoms with van der Waals surface area (Å²) in [6.45, 7) is 2.46. The molecule has 3 aromatic rings. The van der Waals surface area contributed by atoms with Gasteiger partial charge < -0.3 is 10.2 Å². The van der Waals surface area contributed by atoms with Crippen molar-refractivity contribution in [1.29, 1.82) is 0 Å². The number of nitrogens with zero attached hydrogens (tertiary/aromatic N) is 3. The van der Waals surface area contributed by atoms with Crippen LogP contribution in [0.3, 0.4) is 0 Å². The molecule has 148 valence electrons. The van der Waals surface area contributed by atoms with Crippen molar-refractivity contribution in [2.45, 2.75) is 26.2 Å². The van der Waals surface area contributed by atoms with E-state index >= 15 is 0 Å². The van der Waals surface area contributed by atoms with Crippen LogP contribution in [0.25, 0.3) is 0 Å². The third kappa shape index (κ3) is 4.03. The highest BCUT2D eigenvalue weighted by molar-refractivity contribution is 6.35. The summed E-state index contributed by atoms with van der Waals surface area (Å²) in [5.41, 5.74) is 3.78. The Balaban J connectivity index is 1.56. The Morgan fingerprint density at radius 1 is 1.10 bits per heavy atom. The van der Waals surface area contributed by atoms with Gasteiger partial charge in [-0.1, -0.05) is 29.8 Å². The molecule has 1 aliphatic heterocycles. The van der Waals surface area contributed by atoms with Crippen LogP contribution in [0.4, 0.5) is 16.2 Å². The first-order chi connectivity index (χ1) is 14.0. The number of benzene rings is 2. The van der Waals surface area contributed by atoms with Gasteiger partial charge in [-0.2, -0.15) is 9.78 Å². The molecule has 0 aliphatic carbocycles. The zero-order valence-electron chi connectivity index (χ0n) is 16.1. The molecule has 0 unspecified atom stereocenters. The standard InChI is InChI=1S/C22H21ClN4O2/c1-15-11-13-27(25-15)22(29)24-17-9-10-18(19(23)14-17)21(28)26-12-5-4-7-16-6-2-3-8-20(16)26/h2-3,6,8-11,13-14H,4-5,7,12H2,1H3,(H,24,29). The third-order valence-corrected chi connectivity index (χ3v) is 5.30. The molecule has 0 bridgehead atoms. The van der Waals surface area contributed by atoms with Gasteiger partial charge in [0.25, 0.3) is 5.91 Å².